The Hall–Kier alpha value is -2.08. The van der Waals surface area contributed by atoms with E-state index >= 15 is 0 Å². The topological polar surface area (TPSA) is 59.8 Å². The number of carbonyl (C=O) groups excluding carboxylic acids is 1. The Morgan fingerprint density at radius 3 is 2.73 bits per heavy atom. The number of anilines is 1. The maximum atomic E-state index is 12.0. The molecule has 1 N–H and O–H groups in total. The number of nitrogens with one attached hydrogen (secondary N) is 1. The standard InChI is InChI=1S/C16H20N4OS/c1-4-10-20-15(12(2)3)18-19-16(20)22-11-14(21)17-13-8-6-5-7-9-13/h4-9,12H,1,10-11H2,2-3H3,(H,17,21). The van der Waals surface area contributed by atoms with Crippen molar-refractivity contribution in [3.8, 4) is 0 Å². The highest BCUT2D eigenvalue weighted by atomic mass is 32.2. The molecule has 1 amide bonds. The molecule has 1 heterocycles. The van der Waals surface area contributed by atoms with Crippen LogP contribution in [-0.2, 0) is 11.3 Å². The van der Waals surface area contributed by atoms with Gasteiger partial charge in [0.05, 0.1) is 5.75 Å². The van der Waals surface area contributed by atoms with Crippen molar-refractivity contribution in [2.24, 2.45) is 0 Å². The second-order valence-corrected chi connectivity index (χ2v) is 6.04. The highest BCUT2D eigenvalue weighted by molar-refractivity contribution is 7.99. The molecule has 116 valence electrons. The summed E-state index contributed by atoms with van der Waals surface area (Å²) in [6.07, 6.45) is 1.81. The number of amides is 1. The number of hydrogen-bond donors (Lipinski definition) is 1. The average Bonchev–Trinajstić information content (AvgIpc) is 2.90. The largest absolute Gasteiger partial charge is 0.325 e. The van der Waals surface area contributed by atoms with Crippen molar-refractivity contribution in [1.29, 1.82) is 0 Å². The monoisotopic (exact) mass is 316 g/mol. The Balaban J connectivity index is 1.99. The highest BCUT2D eigenvalue weighted by Crippen LogP contribution is 2.21. The minimum atomic E-state index is -0.0598. The van der Waals surface area contributed by atoms with Crippen LogP contribution in [0.15, 0.2) is 48.1 Å². The van der Waals surface area contributed by atoms with Crippen LogP contribution < -0.4 is 5.32 Å². The molecule has 22 heavy (non-hydrogen) atoms. The van der Waals surface area contributed by atoms with E-state index in [1.807, 2.05) is 41.0 Å². The lowest BCUT2D eigenvalue weighted by Crippen LogP contribution is -2.14. The number of hydrogen-bond acceptors (Lipinski definition) is 4. The van der Waals surface area contributed by atoms with Gasteiger partial charge in [0.2, 0.25) is 5.91 Å². The van der Waals surface area contributed by atoms with E-state index < -0.39 is 0 Å². The number of benzene rings is 1. The van der Waals surface area contributed by atoms with Crippen molar-refractivity contribution < 1.29 is 4.79 Å². The Labute approximate surface area is 134 Å². The van der Waals surface area contributed by atoms with E-state index in [1.165, 1.54) is 11.8 Å². The van der Waals surface area contributed by atoms with Gasteiger partial charge in [-0.2, -0.15) is 0 Å². The zero-order valence-corrected chi connectivity index (χ0v) is 13.6. The van der Waals surface area contributed by atoms with Gasteiger partial charge in [0.1, 0.15) is 5.82 Å². The third-order valence-corrected chi connectivity index (χ3v) is 3.93. The van der Waals surface area contributed by atoms with Crippen molar-refractivity contribution in [2.75, 3.05) is 11.1 Å². The van der Waals surface area contributed by atoms with E-state index in [0.29, 0.717) is 12.3 Å². The molecule has 6 heteroatoms. The van der Waals surface area contributed by atoms with Gasteiger partial charge in [-0.3, -0.25) is 4.79 Å². The summed E-state index contributed by atoms with van der Waals surface area (Å²) in [6.45, 7) is 8.54. The average molecular weight is 316 g/mol. The van der Waals surface area contributed by atoms with Crippen LogP contribution in [0.1, 0.15) is 25.6 Å². The molecular weight excluding hydrogens is 296 g/mol. The third-order valence-electron chi connectivity index (χ3n) is 2.96. The summed E-state index contributed by atoms with van der Waals surface area (Å²) in [6, 6.07) is 9.41. The van der Waals surface area contributed by atoms with Crippen molar-refractivity contribution in [1.82, 2.24) is 14.8 Å². The van der Waals surface area contributed by atoms with Gasteiger partial charge in [0, 0.05) is 18.2 Å². The predicted molar refractivity (Wildman–Crippen MR) is 90.1 cm³/mol. The lowest BCUT2D eigenvalue weighted by atomic mass is 10.2. The van der Waals surface area contributed by atoms with Gasteiger partial charge in [-0.05, 0) is 12.1 Å². The lowest BCUT2D eigenvalue weighted by molar-refractivity contribution is -0.113. The lowest BCUT2D eigenvalue weighted by Gasteiger charge is -2.09. The van der Waals surface area contributed by atoms with Gasteiger partial charge >= 0.3 is 0 Å². The fraction of sp³-hybridized carbons (Fsp3) is 0.312. The first-order valence-electron chi connectivity index (χ1n) is 7.13. The summed E-state index contributed by atoms with van der Waals surface area (Å²) in [4.78, 5) is 12.0. The molecule has 2 aromatic rings. The number of para-hydroxylation sites is 1. The van der Waals surface area contributed by atoms with E-state index in [4.69, 9.17) is 0 Å². The number of allylic oxidation sites excluding steroid dienone is 1. The maximum absolute atomic E-state index is 12.0. The molecule has 0 fully saturated rings. The van der Waals surface area contributed by atoms with Crippen LogP contribution in [0.3, 0.4) is 0 Å². The van der Waals surface area contributed by atoms with Gasteiger partial charge in [-0.15, -0.1) is 16.8 Å². The van der Waals surface area contributed by atoms with Crippen molar-refractivity contribution >= 4 is 23.4 Å². The summed E-state index contributed by atoms with van der Waals surface area (Å²) in [5.41, 5.74) is 0.795. The number of thioether (sulfide) groups is 1. The van der Waals surface area contributed by atoms with Crippen LogP contribution in [0.5, 0.6) is 0 Å². The quantitative estimate of drug-likeness (QED) is 0.629. The van der Waals surface area contributed by atoms with Gasteiger partial charge in [0.25, 0.3) is 0 Å². The number of carbonyl (C=O) groups is 1. The second kappa shape index (κ2) is 7.79. The Morgan fingerprint density at radius 2 is 2.09 bits per heavy atom. The zero-order chi connectivity index (χ0) is 15.9. The molecule has 1 aromatic heterocycles. The molecule has 0 aliphatic carbocycles. The van der Waals surface area contributed by atoms with E-state index in [-0.39, 0.29) is 11.8 Å². The molecule has 1 aromatic carbocycles. The smallest absolute Gasteiger partial charge is 0.234 e. The van der Waals surface area contributed by atoms with Crippen molar-refractivity contribution in [3.05, 3.63) is 48.8 Å². The Bertz CT molecular complexity index is 637. The first-order valence-corrected chi connectivity index (χ1v) is 8.12. The van der Waals surface area contributed by atoms with Crippen LogP contribution in [0, 0.1) is 0 Å². The molecule has 0 aliphatic rings. The van der Waals surface area contributed by atoms with Gasteiger partial charge in [-0.1, -0.05) is 49.9 Å². The van der Waals surface area contributed by atoms with Gasteiger partial charge in [-0.25, -0.2) is 0 Å². The van der Waals surface area contributed by atoms with E-state index in [2.05, 4.69) is 35.9 Å². The normalized spacial score (nSPS) is 10.7. The number of aromatic nitrogens is 3. The third kappa shape index (κ3) is 4.21. The zero-order valence-electron chi connectivity index (χ0n) is 12.8. The molecule has 5 nitrogen and oxygen atoms in total. The molecule has 0 unspecified atom stereocenters. The SMILES string of the molecule is C=CCn1c(SCC(=O)Nc2ccccc2)nnc1C(C)C. The number of nitrogens with zero attached hydrogens (tertiary/aromatic N) is 3. The maximum Gasteiger partial charge on any atom is 0.234 e. The van der Waals surface area contributed by atoms with E-state index in [9.17, 15) is 4.79 Å². The van der Waals surface area contributed by atoms with Gasteiger partial charge < -0.3 is 9.88 Å². The molecule has 0 saturated heterocycles. The first kappa shape index (κ1) is 16.3. The van der Waals surface area contributed by atoms with Crippen LogP contribution in [0.25, 0.3) is 0 Å². The van der Waals surface area contributed by atoms with Crippen LogP contribution >= 0.6 is 11.8 Å². The first-order chi connectivity index (χ1) is 10.6. The minimum Gasteiger partial charge on any atom is -0.325 e. The molecule has 0 atom stereocenters. The predicted octanol–water partition coefficient (Wildman–Crippen LogP) is 3.32. The molecule has 0 spiro atoms. The molecule has 0 saturated carbocycles. The molecule has 0 aliphatic heterocycles. The number of rotatable bonds is 7. The molecule has 0 bridgehead atoms. The van der Waals surface area contributed by atoms with E-state index in [0.717, 1.165) is 16.7 Å². The Kier molecular flexibility index (Phi) is 5.77. The Morgan fingerprint density at radius 1 is 1.36 bits per heavy atom. The van der Waals surface area contributed by atoms with Crippen LogP contribution in [0.2, 0.25) is 0 Å². The summed E-state index contributed by atoms with van der Waals surface area (Å²) in [5.74, 6) is 1.42. The summed E-state index contributed by atoms with van der Waals surface area (Å²) in [7, 11) is 0. The summed E-state index contributed by atoms with van der Waals surface area (Å²) < 4.78 is 2.00. The minimum absolute atomic E-state index is 0.0598. The van der Waals surface area contributed by atoms with Crippen LogP contribution in [0.4, 0.5) is 5.69 Å². The summed E-state index contributed by atoms with van der Waals surface area (Å²) in [5, 5.41) is 12.0. The summed E-state index contributed by atoms with van der Waals surface area (Å²) >= 11 is 1.38. The second-order valence-electron chi connectivity index (χ2n) is 5.10. The fourth-order valence-electron chi connectivity index (χ4n) is 1.98. The molecular formula is C16H20N4OS. The van der Waals surface area contributed by atoms with E-state index in [1.54, 1.807) is 0 Å². The van der Waals surface area contributed by atoms with Crippen LogP contribution in [-0.4, -0.2) is 26.4 Å². The molecule has 0 radical (unpaired) electrons. The van der Waals surface area contributed by atoms with Crippen molar-refractivity contribution in [2.45, 2.75) is 31.5 Å². The van der Waals surface area contributed by atoms with Gasteiger partial charge in [0.15, 0.2) is 5.16 Å². The fourth-order valence-corrected chi connectivity index (χ4v) is 2.74. The highest BCUT2D eigenvalue weighted by Gasteiger charge is 2.15. The van der Waals surface area contributed by atoms with Crippen molar-refractivity contribution in [3.63, 3.8) is 0 Å². The molecule has 2 rings (SSSR count).